The first-order chi connectivity index (χ1) is 10.7. The summed E-state index contributed by atoms with van der Waals surface area (Å²) in [5, 5.41) is 3.73. The maximum Gasteiger partial charge on any atom is 0.135 e. The normalized spacial score (nSPS) is 25.0. The van der Waals surface area contributed by atoms with E-state index in [0.29, 0.717) is 6.04 Å². The minimum atomic E-state index is -0.0870. The number of benzene rings is 1. The van der Waals surface area contributed by atoms with Gasteiger partial charge in [0, 0.05) is 6.04 Å². The summed E-state index contributed by atoms with van der Waals surface area (Å²) < 4.78 is 6.51. The first-order valence-corrected chi connectivity index (χ1v) is 8.45. The van der Waals surface area contributed by atoms with Crippen molar-refractivity contribution in [2.24, 2.45) is 0 Å². The Labute approximate surface area is 135 Å². The summed E-state index contributed by atoms with van der Waals surface area (Å²) in [5.41, 5.74) is 2.49. The Kier molecular flexibility index (Phi) is 5.98. The second-order valence-corrected chi connectivity index (χ2v) is 5.97. The van der Waals surface area contributed by atoms with Gasteiger partial charge in [0.15, 0.2) is 0 Å². The molecule has 1 aliphatic heterocycles. The van der Waals surface area contributed by atoms with E-state index in [2.05, 4.69) is 74.6 Å². The van der Waals surface area contributed by atoms with Crippen molar-refractivity contribution in [3.63, 3.8) is 0 Å². The van der Waals surface area contributed by atoms with Crippen LogP contribution in [0.2, 0.25) is 0 Å². The van der Waals surface area contributed by atoms with E-state index >= 15 is 0 Å². The molecule has 2 unspecified atom stereocenters. The summed E-state index contributed by atoms with van der Waals surface area (Å²) in [6.07, 6.45) is 9.40. The maximum atomic E-state index is 6.51. The standard InChI is InChI=1S/C20H29NO/c1-5-12-17(6-2)19-21-18(20(7-3,8-4)22-19)15-16-13-10-9-11-14-16/h5-6,9-14,18-19,21H,7-8,15H2,1-4H3/b12-5-,17-6+. The molecule has 1 heterocycles. The smallest absolute Gasteiger partial charge is 0.135 e. The molecule has 2 heteroatoms. The Hall–Kier alpha value is -1.38. The van der Waals surface area contributed by atoms with Crippen LogP contribution in [0.25, 0.3) is 0 Å². The van der Waals surface area contributed by atoms with E-state index in [4.69, 9.17) is 4.74 Å². The quantitative estimate of drug-likeness (QED) is 0.774. The number of nitrogens with one attached hydrogen (secondary N) is 1. The highest BCUT2D eigenvalue weighted by Gasteiger charge is 2.46. The van der Waals surface area contributed by atoms with Crippen LogP contribution < -0.4 is 5.32 Å². The second kappa shape index (κ2) is 7.75. The lowest BCUT2D eigenvalue weighted by Gasteiger charge is -2.32. The zero-order chi connectivity index (χ0) is 16.0. The largest absolute Gasteiger partial charge is 0.351 e. The van der Waals surface area contributed by atoms with Gasteiger partial charge in [-0.15, -0.1) is 0 Å². The SMILES string of the molecule is C/C=C\C(=C/C)C1NC(Cc2ccccc2)C(CC)(CC)O1. The fraction of sp³-hybridized carbons (Fsp3) is 0.500. The molecule has 2 rings (SSSR count). The van der Waals surface area contributed by atoms with Gasteiger partial charge in [0.25, 0.3) is 0 Å². The van der Waals surface area contributed by atoms with E-state index in [-0.39, 0.29) is 11.8 Å². The first-order valence-electron chi connectivity index (χ1n) is 8.45. The topological polar surface area (TPSA) is 21.3 Å². The molecule has 0 aromatic heterocycles. The third-order valence-corrected chi connectivity index (χ3v) is 4.81. The van der Waals surface area contributed by atoms with Gasteiger partial charge < -0.3 is 4.74 Å². The van der Waals surface area contributed by atoms with Crippen LogP contribution >= 0.6 is 0 Å². The molecule has 22 heavy (non-hydrogen) atoms. The summed E-state index contributed by atoms with van der Waals surface area (Å²) in [6, 6.07) is 11.0. The minimum Gasteiger partial charge on any atom is -0.351 e. The van der Waals surface area contributed by atoms with E-state index in [1.165, 1.54) is 11.1 Å². The Morgan fingerprint density at radius 3 is 2.41 bits per heavy atom. The molecule has 0 spiro atoms. The molecule has 0 aliphatic carbocycles. The van der Waals surface area contributed by atoms with E-state index in [1.54, 1.807) is 0 Å². The molecule has 1 aromatic carbocycles. The number of allylic oxidation sites excluding steroid dienone is 2. The summed E-state index contributed by atoms with van der Waals surface area (Å²) in [5.74, 6) is 0. The van der Waals surface area contributed by atoms with Crippen molar-refractivity contribution >= 4 is 0 Å². The molecular weight excluding hydrogens is 270 g/mol. The Balaban J connectivity index is 2.23. The lowest BCUT2D eigenvalue weighted by Crippen LogP contribution is -2.44. The number of hydrogen-bond donors (Lipinski definition) is 1. The van der Waals surface area contributed by atoms with Gasteiger partial charge in [0.1, 0.15) is 6.23 Å². The molecule has 120 valence electrons. The van der Waals surface area contributed by atoms with Crippen LogP contribution in [0.5, 0.6) is 0 Å². The highest BCUT2D eigenvalue weighted by Crippen LogP contribution is 2.35. The van der Waals surface area contributed by atoms with Crippen LogP contribution in [0, 0.1) is 0 Å². The Bertz CT molecular complexity index is 514. The third-order valence-electron chi connectivity index (χ3n) is 4.81. The molecule has 1 saturated heterocycles. The number of rotatable bonds is 6. The van der Waals surface area contributed by atoms with Gasteiger partial charge >= 0.3 is 0 Å². The van der Waals surface area contributed by atoms with Crippen LogP contribution in [0.15, 0.2) is 54.1 Å². The fourth-order valence-electron chi connectivity index (χ4n) is 3.38. The van der Waals surface area contributed by atoms with Gasteiger partial charge in [-0.1, -0.05) is 62.4 Å². The summed E-state index contributed by atoms with van der Waals surface area (Å²) in [6.45, 7) is 8.59. The molecule has 0 amide bonds. The monoisotopic (exact) mass is 299 g/mol. The lowest BCUT2D eigenvalue weighted by molar-refractivity contribution is -0.0396. The van der Waals surface area contributed by atoms with Crippen molar-refractivity contribution in [3.05, 3.63) is 59.7 Å². The summed E-state index contributed by atoms with van der Waals surface area (Å²) in [7, 11) is 0. The van der Waals surface area contributed by atoms with Crippen LogP contribution in [0.3, 0.4) is 0 Å². The minimum absolute atomic E-state index is 0.00480. The van der Waals surface area contributed by atoms with E-state index in [0.717, 1.165) is 19.3 Å². The number of ether oxygens (including phenoxy) is 1. The second-order valence-electron chi connectivity index (χ2n) is 5.97. The fourth-order valence-corrected chi connectivity index (χ4v) is 3.38. The zero-order valence-corrected chi connectivity index (χ0v) is 14.3. The molecule has 1 fully saturated rings. The average molecular weight is 299 g/mol. The van der Waals surface area contributed by atoms with Gasteiger partial charge in [-0.2, -0.15) is 0 Å². The highest BCUT2D eigenvalue weighted by molar-refractivity contribution is 5.25. The van der Waals surface area contributed by atoms with Crippen LogP contribution in [0.1, 0.15) is 46.1 Å². The van der Waals surface area contributed by atoms with Gasteiger partial charge in [-0.3, -0.25) is 5.32 Å². The van der Waals surface area contributed by atoms with Crippen molar-refractivity contribution in [1.29, 1.82) is 0 Å². The Morgan fingerprint density at radius 2 is 1.86 bits per heavy atom. The van der Waals surface area contributed by atoms with E-state index < -0.39 is 0 Å². The van der Waals surface area contributed by atoms with Gasteiger partial charge in [0.05, 0.1) is 5.60 Å². The Morgan fingerprint density at radius 1 is 1.18 bits per heavy atom. The van der Waals surface area contributed by atoms with E-state index in [1.807, 2.05) is 6.92 Å². The summed E-state index contributed by atoms with van der Waals surface area (Å²) >= 11 is 0. The molecule has 1 N–H and O–H groups in total. The molecule has 1 aromatic rings. The van der Waals surface area contributed by atoms with Gasteiger partial charge in [-0.05, 0) is 44.2 Å². The van der Waals surface area contributed by atoms with Crippen molar-refractivity contribution in [1.82, 2.24) is 5.32 Å². The number of hydrogen-bond acceptors (Lipinski definition) is 2. The molecule has 2 nitrogen and oxygen atoms in total. The molecule has 0 radical (unpaired) electrons. The highest BCUT2D eigenvalue weighted by atomic mass is 16.5. The van der Waals surface area contributed by atoms with Crippen molar-refractivity contribution in [3.8, 4) is 0 Å². The van der Waals surface area contributed by atoms with Crippen molar-refractivity contribution < 1.29 is 4.74 Å². The predicted octanol–water partition coefficient (Wildman–Crippen LogP) is 4.62. The van der Waals surface area contributed by atoms with Crippen LogP contribution in [-0.2, 0) is 11.2 Å². The third kappa shape index (κ3) is 3.50. The van der Waals surface area contributed by atoms with Crippen LogP contribution in [0.4, 0.5) is 0 Å². The lowest BCUT2D eigenvalue weighted by atomic mass is 9.85. The zero-order valence-electron chi connectivity index (χ0n) is 14.3. The molecule has 1 aliphatic rings. The average Bonchev–Trinajstić information content (AvgIpc) is 2.92. The van der Waals surface area contributed by atoms with Crippen LogP contribution in [-0.4, -0.2) is 17.9 Å². The van der Waals surface area contributed by atoms with Gasteiger partial charge in [0.2, 0.25) is 0 Å². The molecule has 2 atom stereocenters. The maximum absolute atomic E-state index is 6.51. The molecule has 0 bridgehead atoms. The summed E-state index contributed by atoms with van der Waals surface area (Å²) in [4.78, 5) is 0. The predicted molar refractivity (Wildman–Crippen MR) is 93.8 cm³/mol. The van der Waals surface area contributed by atoms with Crippen molar-refractivity contribution in [2.45, 2.75) is 64.8 Å². The van der Waals surface area contributed by atoms with E-state index in [9.17, 15) is 0 Å². The molecule has 0 saturated carbocycles. The first kappa shape index (κ1) is 17.0. The van der Waals surface area contributed by atoms with Crippen molar-refractivity contribution in [2.75, 3.05) is 0 Å². The molecular formula is C20H29NO. The van der Waals surface area contributed by atoms with Gasteiger partial charge in [-0.25, -0.2) is 0 Å².